The number of carbonyl (C=O) groups is 1. The summed E-state index contributed by atoms with van der Waals surface area (Å²) in [5, 5.41) is 2.96. The highest BCUT2D eigenvalue weighted by Gasteiger charge is 2.10. The van der Waals surface area contributed by atoms with Crippen LogP contribution in [0.25, 0.3) is 0 Å². The van der Waals surface area contributed by atoms with E-state index in [-0.39, 0.29) is 5.91 Å². The van der Waals surface area contributed by atoms with Crippen molar-refractivity contribution in [1.82, 2.24) is 10.2 Å². The monoisotopic (exact) mass is 354 g/mol. The van der Waals surface area contributed by atoms with Crippen molar-refractivity contribution in [2.75, 3.05) is 39.5 Å². The van der Waals surface area contributed by atoms with E-state index in [1.165, 1.54) is 0 Å². The Morgan fingerprint density at radius 3 is 2.77 bits per heavy atom. The maximum absolute atomic E-state index is 12.2. The first-order valence-electron chi connectivity index (χ1n) is 9.07. The lowest BCUT2D eigenvalue weighted by Gasteiger charge is -2.26. The van der Waals surface area contributed by atoms with Crippen molar-refractivity contribution >= 4 is 5.91 Å². The molecule has 2 aromatic rings. The van der Waals surface area contributed by atoms with Gasteiger partial charge in [-0.2, -0.15) is 0 Å². The second-order valence-corrected chi connectivity index (χ2v) is 6.50. The molecule has 1 aliphatic rings. The average Bonchev–Trinajstić information content (AvgIpc) is 2.67. The smallest absolute Gasteiger partial charge is 0.251 e. The van der Waals surface area contributed by atoms with Gasteiger partial charge < -0.3 is 14.8 Å². The summed E-state index contributed by atoms with van der Waals surface area (Å²) in [5.74, 6) is 0.771. The van der Waals surface area contributed by atoms with Gasteiger partial charge in [0.2, 0.25) is 0 Å². The molecule has 5 nitrogen and oxygen atoms in total. The molecule has 0 unspecified atom stereocenters. The molecule has 1 saturated heterocycles. The largest absolute Gasteiger partial charge is 0.492 e. The number of nitrogens with zero attached hydrogens (tertiary/aromatic N) is 1. The van der Waals surface area contributed by atoms with Crippen molar-refractivity contribution in [1.29, 1.82) is 0 Å². The highest BCUT2D eigenvalue weighted by molar-refractivity contribution is 5.94. The summed E-state index contributed by atoms with van der Waals surface area (Å²) in [6.07, 6.45) is 0. The molecule has 2 aromatic carbocycles. The van der Waals surface area contributed by atoms with Crippen LogP contribution in [0, 0.1) is 6.92 Å². The van der Waals surface area contributed by atoms with E-state index < -0.39 is 0 Å². The SMILES string of the molecule is Cc1cccc(C(=O)NCc2cccc(OCCN3CCOCC3)c2)c1. The molecule has 138 valence electrons. The maximum Gasteiger partial charge on any atom is 0.251 e. The molecular formula is C21H26N2O3. The van der Waals surface area contributed by atoms with Crippen LogP contribution in [0.4, 0.5) is 0 Å². The lowest BCUT2D eigenvalue weighted by atomic mass is 10.1. The van der Waals surface area contributed by atoms with Gasteiger partial charge in [-0.15, -0.1) is 0 Å². The van der Waals surface area contributed by atoms with Gasteiger partial charge in [0.1, 0.15) is 12.4 Å². The predicted molar refractivity (Wildman–Crippen MR) is 102 cm³/mol. The molecule has 1 N–H and O–H groups in total. The third-order valence-electron chi connectivity index (χ3n) is 4.41. The molecular weight excluding hydrogens is 328 g/mol. The molecule has 0 saturated carbocycles. The molecule has 1 amide bonds. The van der Waals surface area contributed by atoms with E-state index >= 15 is 0 Å². The number of carbonyl (C=O) groups excluding carboxylic acids is 1. The number of hydrogen-bond donors (Lipinski definition) is 1. The second kappa shape index (κ2) is 9.36. The number of morpholine rings is 1. The van der Waals surface area contributed by atoms with Crippen LogP contribution in [0.3, 0.4) is 0 Å². The zero-order chi connectivity index (χ0) is 18.2. The van der Waals surface area contributed by atoms with Gasteiger partial charge in [0.05, 0.1) is 13.2 Å². The van der Waals surface area contributed by atoms with Crippen molar-refractivity contribution in [3.63, 3.8) is 0 Å². The zero-order valence-electron chi connectivity index (χ0n) is 15.2. The molecule has 5 heteroatoms. The summed E-state index contributed by atoms with van der Waals surface area (Å²) in [6.45, 7) is 7.55. The van der Waals surface area contributed by atoms with Crippen molar-refractivity contribution in [2.45, 2.75) is 13.5 Å². The summed E-state index contributed by atoms with van der Waals surface area (Å²) < 4.78 is 11.2. The fourth-order valence-corrected chi connectivity index (χ4v) is 2.93. The molecule has 0 aliphatic carbocycles. The number of rotatable bonds is 7. The van der Waals surface area contributed by atoms with E-state index in [4.69, 9.17) is 9.47 Å². The minimum atomic E-state index is -0.0626. The summed E-state index contributed by atoms with van der Waals surface area (Å²) in [5.41, 5.74) is 2.78. The van der Waals surface area contributed by atoms with Gasteiger partial charge in [-0.05, 0) is 36.8 Å². The van der Waals surface area contributed by atoms with Crippen LogP contribution in [0.2, 0.25) is 0 Å². The summed E-state index contributed by atoms with van der Waals surface area (Å²) in [7, 11) is 0. The van der Waals surface area contributed by atoms with Crippen molar-refractivity contribution in [3.8, 4) is 5.75 Å². The first kappa shape index (κ1) is 18.4. The Hall–Kier alpha value is -2.37. The quantitative estimate of drug-likeness (QED) is 0.830. The minimum Gasteiger partial charge on any atom is -0.492 e. The molecule has 0 aromatic heterocycles. The first-order chi connectivity index (χ1) is 12.7. The number of ether oxygens (including phenoxy) is 2. The van der Waals surface area contributed by atoms with E-state index in [1.54, 1.807) is 0 Å². The third kappa shape index (κ3) is 5.58. The molecule has 0 bridgehead atoms. The lowest BCUT2D eigenvalue weighted by molar-refractivity contribution is 0.0322. The van der Waals surface area contributed by atoms with Crippen LogP contribution >= 0.6 is 0 Å². The molecule has 0 spiro atoms. The van der Waals surface area contributed by atoms with Crippen molar-refractivity contribution in [3.05, 3.63) is 65.2 Å². The van der Waals surface area contributed by atoms with Crippen LogP contribution in [0.1, 0.15) is 21.5 Å². The first-order valence-corrected chi connectivity index (χ1v) is 9.07. The number of nitrogens with one attached hydrogen (secondary N) is 1. The van der Waals surface area contributed by atoms with Crippen LogP contribution in [-0.4, -0.2) is 50.3 Å². The van der Waals surface area contributed by atoms with Gasteiger partial charge in [0.25, 0.3) is 5.91 Å². The molecule has 1 fully saturated rings. The minimum absolute atomic E-state index is 0.0626. The summed E-state index contributed by atoms with van der Waals surface area (Å²) in [6, 6.07) is 15.5. The van der Waals surface area contributed by atoms with Gasteiger partial charge in [-0.1, -0.05) is 29.8 Å². The van der Waals surface area contributed by atoms with Crippen LogP contribution in [0.5, 0.6) is 5.75 Å². The standard InChI is InChI=1S/C21H26N2O3/c1-17-4-2-6-19(14-17)21(24)22-16-18-5-3-7-20(15-18)26-13-10-23-8-11-25-12-9-23/h2-7,14-15H,8-13,16H2,1H3,(H,22,24). The van der Waals surface area contributed by atoms with E-state index in [0.29, 0.717) is 18.7 Å². The number of aryl methyl sites for hydroxylation is 1. The second-order valence-electron chi connectivity index (χ2n) is 6.50. The van der Waals surface area contributed by atoms with Crippen LogP contribution < -0.4 is 10.1 Å². The Bertz CT molecular complexity index is 727. The van der Waals surface area contributed by atoms with Gasteiger partial charge in [-0.25, -0.2) is 0 Å². The van der Waals surface area contributed by atoms with Gasteiger partial charge in [0, 0.05) is 31.7 Å². The Morgan fingerprint density at radius 1 is 1.15 bits per heavy atom. The molecule has 26 heavy (non-hydrogen) atoms. The van der Waals surface area contributed by atoms with E-state index in [0.717, 1.165) is 49.7 Å². The van der Waals surface area contributed by atoms with Gasteiger partial charge in [-0.3, -0.25) is 9.69 Å². The number of benzene rings is 2. The highest BCUT2D eigenvalue weighted by Crippen LogP contribution is 2.14. The fraction of sp³-hybridized carbons (Fsp3) is 0.381. The molecule has 0 radical (unpaired) electrons. The number of amides is 1. The number of hydrogen-bond acceptors (Lipinski definition) is 4. The van der Waals surface area contributed by atoms with E-state index in [9.17, 15) is 4.79 Å². The van der Waals surface area contributed by atoms with Gasteiger partial charge >= 0.3 is 0 Å². The normalized spacial score (nSPS) is 14.8. The molecule has 1 heterocycles. The highest BCUT2D eigenvalue weighted by atomic mass is 16.5. The Labute approximate surface area is 154 Å². The predicted octanol–water partition coefficient (Wildman–Crippen LogP) is 2.64. The van der Waals surface area contributed by atoms with Crippen LogP contribution in [-0.2, 0) is 11.3 Å². The van der Waals surface area contributed by atoms with Crippen LogP contribution in [0.15, 0.2) is 48.5 Å². The maximum atomic E-state index is 12.2. The summed E-state index contributed by atoms with van der Waals surface area (Å²) >= 11 is 0. The van der Waals surface area contributed by atoms with E-state index in [2.05, 4.69) is 10.2 Å². The van der Waals surface area contributed by atoms with Crippen molar-refractivity contribution < 1.29 is 14.3 Å². The molecule has 0 atom stereocenters. The van der Waals surface area contributed by atoms with Crippen molar-refractivity contribution in [2.24, 2.45) is 0 Å². The Balaban J connectivity index is 1.46. The third-order valence-corrected chi connectivity index (χ3v) is 4.41. The average molecular weight is 354 g/mol. The lowest BCUT2D eigenvalue weighted by Crippen LogP contribution is -2.38. The summed E-state index contributed by atoms with van der Waals surface area (Å²) in [4.78, 5) is 14.6. The molecule has 3 rings (SSSR count). The Morgan fingerprint density at radius 2 is 1.96 bits per heavy atom. The van der Waals surface area contributed by atoms with E-state index in [1.807, 2.05) is 55.5 Å². The fourth-order valence-electron chi connectivity index (χ4n) is 2.93. The Kier molecular flexibility index (Phi) is 6.63. The topological polar surface area (TPSA) is 50.8 Å². The zero-order valence-corrected chi connectivity index (χ0v) is 15.2. The van der Waals surface area contributed by atoms with Gasteiger partial charge in [0.15, 0.2) is 0 Å². The molecule has 1 aliphatic heterocycles.